The third-order valence-electron chi connectivity index (χ3n) is 4.56. The molecule has 0 fully saturated rings. The second kappa shape index (κ2) is 16.4. The van der Waals surface area contributed by atoms with Crippen LogP contribution in [0, 0.1) is 0 Å². The fourth-order valence-electron chi connectivity index (χ4n) is 3.69. The monoisotopic (exact) mass is 696 g/mol. The molecule has 9 nitrogen and oxygen atoms in total. The summed E-state index contributed by atoms with van der Waals surface area (Å²) in [7, 11) is -11.0. The van der Waals surface area contributed by atoms with Crippen LogP contribution in [0.3, 0.4) is 0 Å². The van der Waals surface area contributed by atoms with Crippen LogP contribution in [0.5, 0.6) is 0 Å². The summed E-state index contributed by atoms with van der Waals surface area (Å²) in [6.07, 6.45) is 0.368. The summed E-state index contributed by atoms with van der Waals surface area (Å²) in [5.74, 6) is 0. The molecule has 0 rings (SSSR count). The summed E-state index contributed by atoms with van der Waals surface area (Å²) >= 11 is -4.61. The maximum atomic E-state index is 11.0. The molecule has 0 unspecified atom stereocenters. The van der Waals surface area contributed by atoms with Gasteiger partial charge in [-0.05, 0) is 95.5 Å². The molecule has 0 aromatic heterocycles. The predicted molar refractivity (Wildman–Crippen MR) is 179 cm³/mol. The van der Waals surface area contributed by atoms with E-state index in [1.165, 1.54) is 0 Å². The summed E-state index contributed by atoms with van der Waals surface area (Å²) in [4.78, 5) is 0. The first kappa shape index (κ1) is 46.2. The largest absolute Gasteiger partial charge is 1.00 e. The van der Waals surface area contributed by atoms with E-state index in [1.807, 2.05) is 90.0 Å². The van der Waals surface area contributed by atoms with E-state index in [2.05, 4.69) is 39.3 Å². The Labute approximate surface area is 289 Å². The van der Waals surface area contributed by atoms with E-state index in [1.54, 1.807) is 0 Å². The Hall–Kier alpha value is 2.04. The second-order valence-corrected chi connectivity index (χ2v) is 36.4. The van der Waals surface area contributed by atoms with E-state index >= 15 is 0 Å². The number of aliphatic hydroxyl groups is 1. The number of hydrogen-bond acceptors (Lipinski definition) is 9. The third kappa shape index (κ3) is 21.0. The average molecular weight is 697 g/mol. The van der Waals surface area contributed by atoms with Crippen LogP contribution >= 0.6 is 0 Å². The van der Waals surface area contributed by atoms with E-state index in [-0.39, 0.29) is 29.6 Å². The maximum absolute atomic E-state index is 11.0. The van der Waals surface area contributed by atoms with Gasteiger partial charge in [0.1, 0.15) is 6.23 Å². The zero-order valence-electron chi connectivity index (χ0n) is 31.1. The molecule has 0 bridgehead atoms. The fraction of sp³-hybridized carbons (Fsp3) is 1.00. The topological polar surface area (TPSA) is 94.1 Å². The molecule has 0 radical (unpaired) electrons. The van der Waals surface area contributed by atoms with Crippen molar-refractivity contribution in [1.29, 1.82) is 0 Å². The van der Waals surface area contributed by atoms with Gasteiger partial charge >= 0.3 is 61.6 Å². The van der Waals surface area contributed by atoms with Crippen LogP contribution in [0.4, 0.5) is 0 Å². The van der Waals surface area contributed by atoms with Gasteiger partial charge in [-0.1, -0.05) is 46.2 Å². The van der Waals surface area contributed by atoms with Gasteiger partial charge in [-0.2, -0.15) is 0 Å². The first-order chi connectivity index (χ1) is 17.8. The van der Waals surface area contributed by atoms with E-state index < -0.39 is 76.8 Å². The summed E-state index contributed by atoms with van der Waals surface area (Å²) in [6.45, 7) is 38.6. The Kier molecular flexibility index (Phi) is 18.1. The predicted octanol–water partition coefficient (Wildman–Crippen LogP) is 3.94. The third-order valence-corrected chi connectivity index (χ3v) is 18.6. The molecule has 0 aliphatic carbocycles. The molecule has 0 atom stereocenters. The molecule has 42 heavy (non-hydrogen) atoms. The Morgan fingerprint density at radius 2 is 0.786 bits per heavy atom. The molecule has 0 heterocycles. The van der Waals surface area contributed by atoms with Gasteiger partial charge in [0, 0.05) is 6.04 Å². The van der Waals surface area contributed by atoms with Crippen molar-refractivity contribution in [2.24, 2.45) is 0 Å². The van der Waals surface area contributed by atoms with Crippen molar-refractivity contribution in [2.75, 3.05) is 18.7 Å². The van der Waals surface area contributed by atoms with Gasteiger partial charge in [-0.25, -0.2) is 0 Å². The van der Waals surface area contributed by atoms with Crippen molar-refractivity contribution in [3.8, 4) is 0 Å². The number of aliphatic hydroxyl groups excluding tert-OH is 1. The van der Waals surface area contributed by atoms with Gasteiger partial charge in [-0.3, -0.25) is 0 Å². The molecule has 0 aliphatic rings. The first-order valence-corrected chi connectivity index (χ1v) is 28.2. The molecule has 15 heteroatoms. The standard InChI is InChI=1S/C10H23O3Si.C9H21O4Si.2C4H11OSi.Al.Na/c1-8-14(11,12-9(2,3)4)13-10(5,6)7;1-8(2,3)12-14(11,7-10)13-9(4,5)6;2*1-6(2,3)4-5;;/h8H2,1-7H3;10H,7H2,1-6H3;2*4H2,1-3H3;;/q4*-1;+3;+1. The summed E-state index contributed by atoms with van der Waals surface area (Å²) in [6, 6.07) is 0.465. The minimum atomic E-state index is -4.61. The van der Waals surface area contributed by atoms with Crippen LogP contribution in [0.15, 0.2) is 0 Å². The molecule has 0 saturated carbocycles. The van der Waals surface area contributed by atoms with E-state index in [4.69, 9.17) is 32.2 Å². The zero-order valence-corrected chi connectivity index (χ0v) is 38.3. The fourth-order valence-corrected chi connectivity index (χ4v) is 20.6. The molecule has 0 aliphatic heterocycles. The van der Waals surface area contributed by atoms with Crippen molar-refractivity contribution in [1.82, 2.24) is 0 Å². The summed E-state index contributed by atoms with van der Waals surface area (Å²) in [5.41, 5.74) is -2.53. The molecule has 248 valence electrons. The maximum Gasteiger partial charge on any atom is 1.00 e. The normalized spacial score (nSPS) is 15.1. The van der Waals surface area contributed by atoms with Crippen LogP contribution in [-0.4, -0.2) is 94.4 Å². The van der Waals surface area contributed by atoms with Gasteiger partial charge in [0.2, 0.25) is 0 Å². The smallest absolute Gasteiger partial charge is 0.590 e. The van der Waals surface area contributed by atoms with Gasteiger partial charge in [0.25, 0.3) is 0 Å². The van der Waals surface area contributed by atoms with Crippen molar-refractivity contribution in [2.45, 2.75) is 158 Å². The van der Waals surface area contributed by atoms with Crippen LogP contribution < -0.4 is 29.6 Å². The molecule has 0 spiro atoms. The SMILES string of the molecule is CC[Si](OC(C)(C)C)(OC(C)(C)C)[O][Al-]([O]C[Si](C)(C)C)([O]C[Si](C)(C)C)[O][Si](CO)(OC(C)(C)C)OC(C)(C)C.[Na+]. The molecule has 0 amide bonds. The molecular weight excluding hydrogens is 631 g/mol. The minimum absolute atomic E-state index is 0. The number of hydrogen-bond donors (Lipinski definition) is 1. The molecule has 0 aromatic rings. The van der Waals surface area contributed by atoms with Crippen LogP contribution in [0.25, 0.3) is 0 Å². The Morgan fingerprint density at radius 1 is 0.524 bits per heavy atom. The Bertz CT molecular complexity index is 698. The zero-order chi connectivity index (χ0) is 33.0. The van der Waals surface area contributed by atoms with E-state index in [0.717, 1.165) is 0 Å². The molecule has 1 N–H and O–H groups in total. The Morgan fingerprint density at radius 3 is 1.00 bits per heavy atom. The van der Waals surface area contributed by atoms with Gasteiger partial charge in [-0.15, -0.1) is 0 Å². The van der Waals surface area contributed by atoms with Gasteiger partial charge in [0.15, 0.2) is 0 Å². The average Bonchev–Trinajstić information content (AvgIpc) is 2.64. The Balaban J connectivity index is 0. The van der Waals surface area contributed by atoms with E-state index in [9.17, 15) is 5.11 Å². The first-order valence-electron chi connectivity index (χ1n) is 15.0. The van der Waals surface area contributed by atoms with Crippen molar-refractivity contribution < 1.29 is 66.9 Å². The second-order valence-electron chi connectivity index (χ2n) is 17.3. The molecular formula is C27H66AlNaO9Si4. The van der Waals surface area contributed by atoms with Crippen LogP contribution in [0.1, 0.15) is 90.0 Å². The summed E-state index contributed by atoms with van der Waals surface area (Å²) in [5, 5.41) is 11.0. The van der Waals surface area contributed by atoms with Crippen LogP contribution in [-0.2, 0) is 32.2 Å². The van der Waals surface area contributed by atoms with E-state index in [0.29, 0.717) is 18.5 Å². The van der Waals surface area contributed by atoms with Crippen LogP contribution in [0.2, 0.25) is 45.3 Å². The van der Waals surface area contributed by atoms with Gasteiger partial charge in [0.05, 0.1) is 38.6 Å². The molecule has 0 aromatic carbocycles. The summed E-state index contributed by atoms with van der Waals surface area (Å²) < 4.78 is 54.1. The van der Waals surface area contributed by atoms with Crippen molar-refractivity contribution >= 4 is 48.2 Å². The number of rotatable bonds is 16. The minimum Gasteiger partial charge on any atom is -0.590 e. The van der Waals surface area contributed by atoms with Crippen molar-refractivity contribution in [3.05, 3.63) is 0 Å². The van der Waals surface area contributed by atoms with Crippen molar-refractivity contribution in [3.63, 3.8) is 0 Å². The quantitative estimate of drug-likeness (QED) is 0.241. The van der Waals surface area contributed by atoms with Gasteiger partial charge < -0.3 is 37.3 Å². The molecule has 0 saturated heterocycles.